The van der Waals surface area contributed by atoms with Crippen molar-refractivity contribution in [3.05, 3.63) is 71.4 Å². The predicted octanol–water partition coefficient (Wildman–Crippen LogP) is 4.85. The summed E-state index contributed by atoms with van der Waals surface area (Å²) in [5.74, 6) is 0.694. The van der Waals surface area contributed by atoms with Gasteiger partial charge in [0.25, 0.3) is 5.91 Å². The van der Waals surface area contributed by atoms with Crippen LogP contribution in [0.4, 0.5) is 5.69 Å². The van der Waals surface area contributed by atoms with Gasteiger partial charge in [0.15, 0.2) is 0 Å². The molecule has 1 saturated heterocycles. The number of halogens is 1. The maximum atomic E-state index is 12.6. The summed E-state index contributed by atoms with van der Waals surface area (Å²) < 4.78 is 0. The minimum atomic E-state index is 0.138. The number of hydrogen-bond acceptors (Lipinski definition) is 3. The highest BCUT2D eigenvalue weighted by Crippen LogP contribution is 2.26. The fourth-order valence-corrected chi connectivity index (χ4v) is 3.80. The first-order chi connectivity index (χ1) is 13.2. The van der Waals surface area contributed by atoms with Crippen molar-refractivity contribution in [1.29, 1.82) is 0 Å². The summed E-state index contributed by atoms with van der Waals surface area (Å²) in [5.41, 5.74) is 2.76. The van der Waals surface area contributed by atoms with Crippen LogP contribution >= 0.6 is 11.6 Å². The Balaban J connectivity index is 1.34. The van der Waals surface area contributed by atoms with Crippen LogP contribution in [0.3, 0.4) is 0 Å². The molecule has 1 amide bonds. The van der Waals surface area contributed by atoms with Gasteiger partial charge in [-0.05, 0) is 55.2 Å². The molecule has 0 aliphatic carbocycles. The zero-order chi connectivity index (χ0) is 18.6. The number of likely N-dealkylation sites (tertiary alicyclic amines) is 1. The van der Waals surface area contributed by atoms with Gasteiger partial charge in [-0.3, -0.25) is 9.78 Å². The fraction of sp³-hybridized carbons (Fsp3) is 0.273. The first-order valence-electron chi connectivity index (χ1n) is 9.33. The van der Waals surface area contributed by atoms with E-state index < -0.39 is 0 Å². The average Bonchev–Trinajstić information content (AvgIpc) is 2.72. The average molecular weight is 380 g/mol. The molecule has 1 aromatic heterocycles. The molecule has 0 unspecified atom stereocenters. The van der Waals surface area contributed by atoms with Crippen LogP contribution in [0.15, 0.2) is 60.8 Å². The van der Waals surface area contributed by atoms with Crippen LogP contribution in [0.5, 0.6) is 0 Å². The van der Waals surface area contributed by atoms with Gasteiger partial charge < -0.3 is 10.2 Å². The highest BCUT2D eigenvalue weighted by Gasteiger charge is 2.23. The van der Waals surface area contributed by atoms with Crippen LogP contribution in [0.1, 0.15) is 23.2 Å². The Morgan fingerprint density at radius 3 is 2.67 bits per heavy atom. The number of aromatic nitrogens is 1. The van der Waals surface area contributed by atoms with Crippen LogP contribution in [0, 0.1) is 5.92 Å². The number of piperidine rings is 1. The molecule has 0 atom stereocenters. The van der Waals surface area contributed by atoms with Gasteiger partial charge in [-0.15, -0.1) is 0 Å². The summed E-state index contributed by atoms with van der Waals surface area (Å²) >= 11 is 6.06. The second-order valence-corrected chi connectivity index (χ2v) is 7.44. The first kappa shape index (κ1) is 17.8. The van der Waals surface area contributed by atoms with E-state index in [4.69, 9.17) is 11.6 Å². The van der Waals surface area contributed by atoms with Crippen LogP contribution in [0.25, 0.3) is 10.9 Å². The van der Waals surface area contributed by atoms with E-state index in [0.29, 0.717) is 10.9 Å². The Morgan fingerprint density at radius 2 is 1.89 bits per heavy atom. The van der Waals surface area contributed by atoms with Crippen molar-refractivity contribution in [2.45, 2.75) is 12.8 Å². The second kappa shape index (κ2) is 7.97. The Hall–Kier alpha value is -2.59. The molecule has 1 N–H and O–H groups in total. The smallest absolute Gasteiger partial charge is 0.253 e. The molecule has 138 valence electrons. The monoisotopic (exact) mass is 379 g/mol. The van der Waals surface area contributed by atoms with Crippen molar-refractivity contribution in [1.82, 2.24) is 9.88 Å². The SMILES string of the molecule is O=C(c1ccccc1)N1CCC(CNc2ccnc3cc(Cl)ccc23)CC1. The summed E-state index contributed by atoms with van der Waals surface area (Å²) in [7, 11) is 0. The lowest BCUT2D eigenvalue weighted by Gasteiger charge is -2.32. The quantitative estimate of drug-likeness (QED) is 0.704. The minimum absolute atomic E-state index is 0.138. The van der Waals surface area contributed by atoms with Crippen molar-refractivity contribution in [2.75, 3.05) is 25.0 Å². The summed E-state index contributed by atoms with van der Waals surface area (Å²) in [5, 5.41) is 5.34. The van der Waals surface area contributed by atoms with E-state index in [2.05, 4.69) is 10.3 Å². The van der Waals surface area contributed by atoms with Gasteiger partial charge in [-0.1, -0.05) is 29.8 Å². The highest BCUT2D eigenvalue weighted by atomic mass is 35.5. The third kappa shape index (κ3) is 4.06. The van der Waals surface area contributed by atoms with Gasteiger partial charge in [0.1, 0.15) is 0 Å². The van der Waals surface area contributed by atoms with Crippen molar-refractivity contribution in [3.63, 3.8) is 0 Å². The minimum Gasteiger partial charge on any atom is -0.384 e. The van der Waals surface area contributed by atoms with Gasteiger partial charge in [-0.25, -0.2) is 0 Å². The molecule has 1 aliphatic heterocycles. The number of hydrogen-bond donors (Lipinski definition) is 1. The molecule has 2 heterocycles. The van der Waals surface area contributed by atoms with E-state index in [0.717, 1.165) is 54.6 Å². The number of fused-ring (bicyclic) bond motifs is 1. The highest BCUT2D eigenvalue weighted by molar-refractivity contribution is 6.31. The van der Waals surface area contributed by atoms with E-state index in [1.165, 1.54) is 0 Å². The van der Waals surface area contributed by atoms with Gasteiger partial charge in [0, 0.05) is 47.5 Å². The summed E-state index contributed by atoms with van der Waals surface area (Å²) in [4.78, 5) is 18.9. The lowest BCUT2D eigenvalue weighted by Crippen LogP contribution is -2.39. The van der Waals surface area contributed by atoms with E-state index in [1.54, 1.807) is 0 Å². The Bertz CT molecular complexity index is 937. The molecular weight excluding hydrogens is 358 g/mol. The Morgan fingerprint density at radius 1 is 1.11 bits per heavy atom. The van der Waals surface area contributed by atoms with Gasteiger partial charge in [0.2, 0.25) is 0 Å². The predicted molar refractivity (Wildman–Crippen MR) is 110 cm³/mol. The lowest BCUT2D eigenvalue weighted by molar-refractivity contribution is 0.0695. The van der Waals surface area contributed by atoms with Crippen LogP contribution in [-0.4, -0.2) is 35.4 Å². The second-order valence-electron chi connectivity index (χ2n) is 7.00. The molecule has 1 fully saturated rings. The van der Waals surface area contributed by atoms with E-state index in [-0.39, 0.29) is 5.91 Å². The largest absolute Gasteiger partial charge is 0.384 e. The molecule has 0 radical (unpaired) electrons. The maximum absolute atomic E-state index is 12.6. The Kier molecular flexibility index (Phi) is 5.26. The summed E-state index contributed by atoms with van der Waals surface area (Å²) in [6, 6.07) is 17.3. The Labute approximate surface area is 164 Å². The zero-order valence-corrected chi connectivity index (χ0v) is 15.8. The molecule has 0 saturated carbocycles. The van der Waals surface area contributed by atoms with Gasteiger partial charge >= 0.3 is 0 Å². The molecule has 5 heteroatoms. The molecule has 2 aromatic carbocycles. The number of benzene rings is 2. The first-order valence-corrected chi connectivity index (χ1v) is 9.71. The number of nitrogens with one attached hydrogen (secondary N) is 1. The number of carbonyl (C=O) groups excluding carboxylic acids is 1. The number of carbonyl (C=O) groups is 1. The number of rotatable bonds is 4. The standard InChI is InChI=1S/C22H22ClN3O/c23-18-6-7-19-20(8-11-24-21(19)14-18)25-15-16-9-12-26(13-10-16)22(27)17-4-2-1-3-5-17/h1-8,11,14,16H,9-10,12-13,15H2,(H,24,25). The molecule has 0 bridgehead atoms. The lowest BCUT2D eigenvalue weighted by atomic mass is 9.96. The van der Waals surface area contributed by atoms with E-state index >= 15 is 0 Å². The van der Waals surface area contributed by atoms with E-state index in [1.807, 2.05) is 65.7 Å². The molecule has 27 heavy (non-hydrogen) atoms. The molecule has 3 aromatic rings. The molecule has 4 rings (SSSR count). The number of anilines is 1. The number of nitrogens with zero attached hydrogens (tertiary/aromatic N) is 2. The van der Waals surface area contributed by atoms with Gasteiger partial charge in [-0.2, -0.15) is 0 Å². The maximum Gasteiger partial charge on any atom is 0.253 e. The third-order valence-electron chi connectivity index (χ3n) is 5.21. The van der Waals surface area contributed by atoms with Crippen molar-refractivity contribution >= 4 is 34.1 Å². The zero-order valence-electron chi connectivity index (χ0n) is 15.1. The van der Waals surface area contributed by atoms with Crippen molar-refractivity contribution < 1.29 is 4.79 Å². The van der Waals surface area contributed by atoms with Crippen molar-refractivity contribution in [2.24, 2.45) is 5.92 Å². The summed E-state index contributed by atoms with van der Waals surface area (Å²) in [6.45, 7) is 2.52. The number of pyridine rings is 1. The topological polar surface area (TPSA) is 45.2 Å². The molecule has 1 aliphatic rings. The van der Waals surface area contributed by atoms with Crippen LogP contribution in [0.2, 0.25) is 5.02 Å². The normalized spacial score (nSPS) is 15.1. The fourth-order valence-electron chi connectivity index (χ4n) is 3.63. The number of amides is 1. The molecular formula is C22H22ClN3O. The molecule has 4 nitrogen and oxygen atoms in total. The molecule has 0 spiro atoms. The van der Waals surface area contributed by atoms with Gasteiger partial charge in [0.05, 0.1) is 5.52 Å². The van der Waals surface area contributed by atoms with E-state index in [9.17, 15) is 4.79 Å². The summed E-state index contributed by atoms with van der Waals surface area (Å²) in [6.07, 6.45) is 3.84. The third-order valence-corrected chi connectivity index (χ3v) is 5.44. The van der Waals surface area contributed by atoms with Crippen LogP contribution in [-0.2, 0) is 0 Å². The van der Waals surface area contributed by atoms with Crippen LogP contribution < -0.4 is 5.32 Å². The van der Waals surface area contributed by atoms with Crippen molar-refractivity contribution in [3.8, 4) is 0 Å².